The van der Waals surface area contributed by atoms with Crippen LogP contribution in [0.4, 0.5) is 4.79 Å². The average Bonchev–Trinajstić information content (AvgIpc) is 2.12. The van der Waals surface area contributed by atoms with E-state index in [0.717, 1.165) is 12.8 Å². The van der Waals surface area contributed by atoms with Gasteiger partial charge in [-0.2, -0.15) is 0 Å². The van der Waals surface area contributed by atoms with Crippen LogP contribution in [-0.4, -0.2) is 29.8 Å². The molecule has 1 fully saturated rings. The van der Waals surface area contributed by atoms with E-state index >= 15 is 0 Å². The Bertz CT molecular complexity index is 187. The van der Waals surface area contributed by atoms with E-state index in [0.29, 0.717) is 18.7 Å². The maximum Gasteiger partial charge on any atom is 0.421 e. The molecule has 2 unspecified atom stereocenters. The summed E-state index contributed by atoms with van der Waals surface area (Å²) in [6, 6.07) is 0.811. The molecule has 4 nitrogen and oxygen atoms in total. The molecule has 1 rings (SSSR count). The minimum absolute atomic E-state index is 0.340. The van der Waals surface area contributed by atoms with Crippen LogP contribution >= 0.6 is 0 Å². The smallest absolute Gasteiger partial charge is 0.421 e. The van der Waals surface area contributed by atoms with Crippen molar-refractivity contribution < 1.29 is 9.53 Å². The Balaban J connectivity index is 2.43. The molecular formula is C10H20N2O2. The number of amides is 1. The third kappa shape index (κ3) is 2.87. The molecule has 0 aliphatic carbocycles. The van der Waals surface area contributed by atoms with E-state index < -0.39 is 0 Å². The van der Waals surface area contributed by atoms with E-state index in [4.69, 9.17) is 4.74 Å². The zero-order chi connectivity index (χ0) is 10.6. The number of hydrogen-bond donors (Lipinski definition) is 1. The summed E-state index contributed by atoms with van der Waals surface area (Å²) in [7, 11) is 0. The number of carbonyl (C=O) groups is 1. The molecule has 2 atom stereocenters. The van der Waals surface area contributed by atoms with E-state index in [1.165, 1.54) is 6.42 Å². The molecule has 0 aromatic carbocycles. The van der Waals surface area contributed by atoms with Crippen LogP contribution < -0.4 is 5.43 Å². The zero-order valence-corrected chi connectivity index (χ0v) is 9.25. The Morgan fingerprint density at radius 1 is 1.43 bits per heavy atom. The molecule has 1 aliphatic heterocycles. The van der Waals surface area contributed by atoms with Gasteiger partial charge in [0.25, 0.3) is 0 Å². The summed E-state index contributed by atoms with van der Waals surface area (Å²) in [5.74, 6) is 0. The molecule has 0 spiro atoms. The normalized spacial score (nSPS) is 28.5. The van der Waals surface area contributed by atoms with Gasteiger partial charge in [-0.3, -0.25) is 5.43 Å². The second-order valence-corrected chi connectivity index (χ2v) is 3.87. The van der Waals surface area contributed by atoms with Crippen LogP contribution in [0.1, 0.15) is 40.0 Å². The molecular weight excluding hydrogens is 180 g/mol. The predicted molar refractivity (Wildman–Crippen MR) is 54.8 cm³/mol. The topological polar surface area (TPSA) is 41.6 Å². The first-order chi connectivity index (χ1) is 6.65. The number of carbonyl (C=O) groups excluding carboxylic acids is 1. The minimum Gasteiger partial charge on any atom is -0.449 e. The van der Waals surface area contributed by atoms with Crippen LogP contribution in [0.3, 0.4) is 0 Å². The van der Waals surface area contributed by atoms with Crippen LogP contribution in [0.15, 0.2) is 0 Å². The molecule has 0 aromatic rings. The predicted octanol–water partition coefficient (Wildman–Crippen LogP) is 1.91. The first kappa shape index (κ1) is 11.3. The highest BCUT2D eigenvalue weighted by Gasteiger charge is 2.26. The van der Waals surface area contributed by atoms with E-state index in [-0.39, 0.29) is 6.09 Å². The first-order valence-corrected chi connectivity index (χ1v) is 5.37. The molecule has 1 N–H and O–H groups in total. The van der Waals surface area contributed by atoms with Crippen LogP contribution in [0.25, 0.3) is 0 Å². The largest absolute Gasteiger partial charge is 0.449 e. The lowest BCUT2D eigenvalue weighted by Gasteiger charge is -2.38. The summed E-state index contributed by atoms with van der Waals surface area (Å²) >= 11 is 0. The Morgan fingerprint density at radius 2 is 2.00 bits per heavy atom. The van der Waals surface area contributed by atoms with Crippen molar-refractivity contribution in [1.29, 1.82) is 0 Å². The van der Waals surface area contributed by atoms with Crippen molar-refractivity contribution in [3.63, 3.8) is 0 Å². The van der Waals surface area contributed by atoms with Gasteiger partial charge in [0.15, 0.2) is 0 Å². The number of nitrogens with one attached hydrogen (secondary N) is 1. The number of ether oxygens (including phenoxy) is 1. The molecule has 1 heterocycles. The first-order valence-electron chi connectivity index (χ1n) is 5.37. The number of nitrogens with zero attached hydrogens (tertiary/aromatic N) is 1. The van der Waals surface area contributed by atoms with Crippen LogP contribution in [0.2, 0.25) is 0 Å². The van der Waals surface area contributed by atoms with Gasteiger partial charge in [0, 0.05) is 12.1 Å². The van der Waals surface area contributed by atoms with E-state index in [9.17, 15) is 4.79 Å². The summed E-state index contributed by atoms with van der Waals surface area (Å²) in [4.78, 5) is 11.2. The summed E-state index contributed by atoms with van der Waals surface area (Å²) in [6.07, 6.45) is 3.17. The fraction of sp³-hybridized carbons (Fsp3) is 0.900. The van der Waals surface area contributed by atoms with Crippen LogP contribution in [-0.2, 0) is 4.74 Å². The molecule has 0 radical (unpaired) electrons. The van der Waals surface area contributed by atoms with Crippen LogP contribution in [0, 0.1) is 0 Å². The van der Waals surface area contributed by atoms with Gasteiger partial charge in [0.05, 0.1) is 6.61 Å². The van der Waals surface area contributed by atoms with Gasteiger partial charge >= 0.3 is 6.09 Å². The Kier molecular flexibility index (Phi) is 4.20. The summed E-state index contributed by atoms with van der Waals surface area (Å²) in [5.41, 5.74) is 2.79. The van der Waals surface area contributed by atoms with E-state index in [2.05, 4.69) is 19.3 Å². The SMILES string of the molecule is CCOC(=O)NN1C(C)CCCC1C. The number of hydrogen-bond acceptors (Lipinski definition) is 3. The van der Waals surface area contributed by atoms with Gasteiger partial charge in [-0.15, -0.1) is 0 Å². The second-order valence-electron chi connectivity index (χ2n) is 3.87. The number of piperidine rings is 1. The minimum atomic E-state index is -0.340. The van der Waals surface area contributed by atoms with Gasteiger partial charge < -0.3 is 4.74 Å². The Labute approximate surface area is 85.6 Å². The van der Waals surface area contributed by atoms with Crippen LogP contribution in [0.5, 0.6) is 0 Å². The van der Waals surface area contributed by atoms with Gasteiger partial charge in [0.2, 0.25) is 0 Å². The lowest BCUT2D eigenvalue weighted by Crippen LogP contribution is -2.54. The van der Waals surface area contributed by atoms with Crippen molar-refractivity contribution in [2.45, 2.75) is 52.1 Å². The fourth-order valence-electron chi connectivity index (χ4n) is 1.91. The van der Waals surface area contributed by atoms with E-state index in [1.807, 2.05) is 11.9 Å². The summed E-state index contributed by atoms with van der Waals surface area (Å²) in [5, 5.41) is 2.00. The van der Waals surface area contributed by atoms with Gasteiger partial charge in [0.1, 0.15) is 0 Å². The average molecular weight is 200 g/mol. The van der Waals surface area contributed by atoms with Crippen molar-refractivity contribution >= 4 is 6.09 Å². The number of hydrazine groups is 1. The molecule has 0 saturated carbocycles. The van der Waals surface area contributed by atoms with Crippen molar-refractivity contribution in [2.24, 2.45) is 0 Å². The van der Waals surface area contributed by atoms with Gasteiger partial charge in [-0.05, 0) is 33.6 Å². The van der Waals surface area contributed by atoms with E-state index in [1.54, 1.807) is 0 Å². The lowest BCUT2D eigenvalue weighted by atomic mass is 10.00. The Morgan fingerprint density at radius 3 is 2.50 bits per heavy atom. The zero-order valence-electron chi connectivity index (χ0n) is 9.25. The second kappa shape index (κ2) is 5.20. The molecule has 4 heteroatoms. The molecule has 1 saturated heterocycles. The maximum atomic E-state index is 11.2. The third-order valence-electron chi connectivity index (χ3n) is 2.69. The quantitative estimate of drug-likeness (QED) is 0.740. The van der Waals surface area contributed by atoms with Gasteiger partial charge in [-0.1, -0.05) is 6.42 Å². The van der Waals surface area contributed by atoms with Crippen molar-refractivity contribution in [1.82, 2.24) is 10.4 Å². The highest BCUT2D eigenvalue weighted by molar-refractivity contribution is 5.66. The van der Waals surface area contributed by atoms with Crippen molar-refractivity contribution in [2.75, 3.05) is 6.61 Å². The van der Waals surface area contributed by atoms with Crippen molar-refractivity contribution in [3.05, 3.63) is 0 Å². The molecule has 1 aliphatic rings. The molecule has 14 heavy (non-hydrogen) atoms. The maximum absolute atomic E-state index is 11.2. The third-order valence-corrected chi connectivity index (χ3v) is 2.69. The van der Waals surface area contributed by atoms with Crippen molar-refractivity contribution in [3.8, 4) is 0 Å². The monoisotopic (exact) mass is 200 g/mol. The highest BCUT2D eigenvalue weighted by atomic mass is 16.6. The summed E-state index contributed by atoms with van der Waals surface area (Å²) in [6.45, 7) is 6.48. The molecule has 1 amide bonds. The molecule has 82 valence electrons. The van der Waals surface area contributed by atoms with Gasteiger partial charge in [-0.25, -0.2) is 9.80 Å². The molecule has 0 aromatic heterocycles. The number of rotatable bonds is 2. The Hall–Kier alpha value is -0.770. The lowest BCUT2D eigenvalue weighted by molar-refractivity contribution is 0.0369. The summed E-state index contributed by atoms with van der Waals surface area (Å²) < 4.78 is 4.85. The highest BCUT2D eigenvalue weighted by Crippen LogP contribution is 2.20. The molecule has 0 bridgehead atoms. The standard InChI is InChI=1S/C10H20N2O2/c1-4-14-10(13)11-12-8(2)6-5-7-9(12)3/h8-9H,4-7H2,1-3H3,(H,11,13). The fourth-order valence-corrected chi connectivity index (χ4v) is 1.91.